The second-order valence-corrected chi connectivity index (χ2v) is 11.1. The summed E-state index contributed by atoms with van der Waals surface area (Å²) in [5.74, 6) is 1.52. The number of hydrogen-bond donors (Lipinski definition) is 2. The number of aryl methyl sites for hydroxylation is 1. The van der Waals surface area contributed by atoms with Crippen LogP contribution >= 0.6 is 0 Å². The van der Waals surface area contributed by atoms with Gasteiger partial charge in [-0.05, 0) is 61.3 Å². The summed E-state index contributed by atoms with van der Waals surface area (Å²) in [5.41, 5.74) is 2.86. The minimum Gasteiger partial charge on any atom is -0.489 e. The number of nitrogens with zero attached hydrogens (tertiary/aromatic N) is 6. The third-order valence-corrected chi connectivity index (χ3v) is 8.22. The molecule has 1 saturated heterocycles. The lowest BCUT2D eigenvalue weighted by Crippen LogP contribution is -2.44. The van der Waals surface area contributed by atoms with Crippen molar-refractivity contribution in [1.82, 2.24) is 34.3 Å². The van der Waals surface area contributed by atoms with E-state index in [4.69, 9.17) is 9.72 Å². The highest BCUT2D eigenvalue weighted by atomic mass is 16.5. The molecule has 43 heavy (non-hydrogen) atoms. The first-order valence-electron chi connectivity index (χ1n) is 14.5. The summed E-state index contributed by atoms with van der Waals surface area (Å²) in [6.07, 6.45) is 7.32. The van der Waals surface area contributed by atoms with Gasteiger partial charge in [-0.3, -0.25) is 14.2 Å². The molecule has 2 aromatic carbocycles. The van der Waals surface area contributed by atoms with Crippen molar-refractivity contribution in [2.75, 3.05) is 25.5 Å². The molecule has 0 radical (unpaired) electrons. The molecule has 0 bridgehead atoms. The Balaban J connectivity index is 1.28. The van der Waals surface area contributed by atoms with Crippen molar-refractivity contribution < 1.29 is 9.53 Å². The first-order valence-corrected chi connectivity index (χ1v) is 14.5. The zero-order valence-electron chi connectivity index (χ0n) is 24.0. The lowest BCUT2D eigenvalue weighted by molar-refractivity contribution is 0.0629. The van der Waals surface area contributed by atoms with Gasteiger partial charge < -0.3 is 24.8 Å². The number of pyridine rings is 1. The van der Waals surface area contributed by atoms with Gasteiger partial charge in [0.05, 0.1) is 5.56 Å². The number of hydrogen-bond acceptors (Lipinski definition) is 8. The second kappa shape index (κ2) is 11.0. The summed E-state index contributed by atoms with van der Waals surface area (Å²) >= 11 is 0. The van der Waals surface area contributed by atoms with E-state index < -0.39 is 6.17 Å². The number of ether oxygens (including phenoxy) is 1. The molecule has 7 rings (SSSR count). The molecular weight excluding hydrogens is 544 g/mol. The van der Waals surface area contributed by atoms with Crippen LogP contribution in [0.3, 0.4) is 0 Å². The van der Waals surface area contributed by atoms with Gasteiger partial charge in [-0.2, -0.15) is 4.98 Å². The van der Waals surface area contributed by atoms with E-state index in [9.17, 15) is 9.59 Å². The predicted octanol–water partition coefficient (Wildman–Crippen LogP) is 3.89. The largest absolute Gasteiger partial charge is 0.489 e. The van der Waals surface area contributed by atoms with Crippen molar-refractivity contribution in [2.45, 2.75) is 31.5 Å². The SMILES string of the molecule is CN1C(=O)c2ccccc2CC1n1c(=O)c(-c2nccn2C)cc2cnc(Nc3ccc(OC4CCCNC4)cc3)nc21. The molecule has 0 aliphatic carbocycles. The standard InChI is InChI=1S/C32H32N8O3/c1-38-15-14-34-29(38)26-16-21-18-35-32(36-22-9-11-23(12-10-22)43-24-7-5-13-33-19-24)37-28(21)40(31(26)42)27-17-20-6-3-4-8-25(20)30(41)39(27)2/h3-4,6,8-12,14-16,18,24,27,33H,5,7,13,17,19H2,1-2H3,(H,35,36,37). The molecule has 2 N–H and O–H groups in total. The van der Waals surface area contributed by atoms with Gasteiger partial charge in [-0.25, -0.2) is 9.97 Å². The van der Waals surface area contributed by atoms with Crippen LogP contribution in [0.1, 0.15) is 34.9 Å². The molecule has 5 aromatic rings. The number of rotatable bonds is 6. The van der Waals surface area contributed by atoms with Crippen LogP contribution < -0.4 is 20.9 Å². The van der Waals surface area contributed by atoms with Gasteiger partial charge in [-0.1, -0.05) is 18.2 Å². The zero-order chi connectivity index (χ0) is 29.5. The summed E-state index contributed by atoms with van der Waals surface area (Å²) in [5, 5.41) is 7.29. The molecule has 1 fully saturated rings. The topological polar surface area (TPSA) is 119 Å². The maximum Gasteiger partial charge on any atom is 0.264 e. The van der Waals surface area contributed by atoms with Gasteiger partial charge in [0, 0.05) is 62.3 Å². The Labute approximate surface area is 248 Å². The summed E-state index contributed by atoms with van der Waals surface area (Å²) in [6.45, 7) is 1.88. The highest BCUT2D eigenvalue weighted by Crippen LogP contribution is 2.31. The number of carbonyl (C=O) groups excluding carboxylic acids is 1. The van der Waals surface area contributed by atoms with Crippen LogP contribution in [-0.2, 0) is 13.5 Å². The van der Waals surface area contributed by atoms with Crippen LogP contribution in [0.15, 0.2) is 78.0 Å². The van der Waals surface area contributed by atoms with Crippen LogP contribution in [0, 0.1) is 0 Å². The van der Waals surface area contributed by atoms with Crippen LogP contribution in [0.5, 0.6) is 5.75 Å². The number of aromatic nitrogens is 5. The predicted molar refractivity (Wildman–Crippen MR) is 164 cm³/mol. The fraction of sp³-hybridized carbons (Fsp3) is 0.281. The van der Waals surface area contributed by atoms with Gasteiger partial charge in [0.1, 0.15) is 29.5 Å². The quantitative estimate of drug-likeness (QED) is 0.313. The number of piperidine rings is 1. The number of fused-ring (bicyclic) bond motifs is 2. The first-order chi connectivity index (χ1) is 21.0. The third-order valence-electron chi connectivity index (χ3n) is 8.22. The Morgan fingerprint density at radius 1 is 1.02 bits per heavy atom. The Hall–Kier alpha value is -5.03. The van der Waals surface area contributed by atoms with Crippen molar-refractivity contribution in [1.29, 1.82) is 0 Å². The normalized spacial score (nSPS) is 18.5. The lowest BCUT2D eigenvalue weighted by Gasteiger charge is -2.35. The Kier molecular flexibility index (Phi) is 6.86. The van der Waals surface area contributed by atoms with E-state index in [2.05, 4.69) is 20.6 Å². The number of imidazole rings is 1. The molecule has 11 heteroatoms. The van der Waals surface area contributed by atoms with Crippen molar-refractivity contribution in [2.24, 2.45) is 7.05 Å². The molecule has 11 nitrogen and oxygen atoms in total. The van der Waals surface area contributed by atoms with Crippen LogP contribution in [0.25, 0.3) is 22.4 Å². The molecule has 0 saturated carbocycles. The molecule has 5 heterocycles. The monoisotopic (exact) mass is 576 g/mol. The van der Waals surface area contributed by atoms with Gasteiger partial charge in [0.15, 0.2) is 0 Å². The van der Waals surface area contributed by atoms with Crippen LogP contribution in [0.4, 0.5) is 11.6 Å². The fourth-order valence-electron chi connectivity index (χ4n) is 5.93. The van der Waals surface area contributed by atoms with E-state index in [0.29, 0.717) is 40.4 Å². The molecule has 2 atom stereocenters. The molecule has 2 aliphatic heterocycles. The van der Waals surface area contributed by atoms with Gasteiger partial charge >= 0.3 is 0 Å². The first kappa shape index (κ1) is 26.8. The van der Waals surface area contributed by atoms with Gasteiger partial charge in [0.25, 0.3) is 11.5 Å². The number of benzene rings is 2. The average Bonchev–Trinajstić information content (AvgIpc) is 3.46. The molecule has 218 valence electrons. The zero-order valence-corrected chi connectivity index (χ0v) is 24.0. The van der Waals surface area contributed by atoms with E-state index in [-0.39, 0.29) is 17.6 Å². The summed E-state index contributed by atoms with van der Waals surface area (Å²) < 4.78 is 9.51. The second-order valence-electron chi connectivity index (χ2n) is 11.1. The maximum atomic E-state index is 14.2. The number of amides is 1. The smallest absolute Gasteiger partial charge is 0.264 e. The minimum absolute atomic E-state index is 0.145. The van der Waals surface area contributed by atoms with E-state index in [1.807, 2.05) is 55.6 Å². The molecular formula is C32H32N8O3. The fourth-order valence-corrected chi connectivity index (χ4v) is 5.93. The number of anilines is 2. The van der Waals surface area contributed by atoms with Crippen molar-refractivity contribution >= 4 is 28.6 Å². The number of likely N-dealkylation sites (N-methyl/N-ethyl adjacent to an activating group) is 1. The molecule has 1 amide bonds. The Morgan fingerprint density at radius 3 is 2.63 bits per heavy atom. The summed E-state index contributed by atoms with van der Waals surface area (Å²) in [6, 6.07) is 17.0. The molecule has 2 unspecified atom stereocenters. The van der Waals surface area contributed by atoms with Gasteiger partial charge in [-0.15, -0.1) is 0 Å². The molecule has 2 aliphatic rings. The van der Waals surface area contributed by atoms with Gasteiger partial charge in [0.2, 0.25) is 5.95 Å². The molecule has 3 aromatic heterocycles. The van der Waals surface area contributed by atoms with Crippen molar-refractivity contribution in [3.05, 3.63) is 94.7 Å². The minimum atomic E-state index is -0.592. The van der Waals surface area contributed by atoms with E-state index in [1.165, 1.54) is 0 Å². The van der Waals surface area contributed by atoms with Crippen LogP contribution in [-0.4, -0.2) is 61.1 Å². The van der Waals surface area contributed by atoms with Crippen molar-refractivity contribution in [3.8, 4) is 17.1 Å². The number of nitrogens with one attached hydrogen (secondary N) is 2. The maximum absolute atomic E-state index is 14.2. The van der Waals surface area contributed by atoms with E-state index >= 15 is 0 Å². The highest BCUT2D eigenvalue weighted by Gasteiger charge is 2.33. The average molecular weight is 577 g/mol. The third kappa shape index (κ3) is 5.01. The highest BCUT2D eigenvalue weighted by molar-refractivity contribution is 5.97. The summed E-state index contributed by atoms with van der Waals surface area (Å²) in [7, 11) is 3.57. The van der Waals surface area contributed by atoms with Crippen LogP contribution in [0.2, 0.25) is 0 Å². The Morgan fingerprint density at radius 2 is 1.86 bits per heavy atom. The van der Waals surface area contributed by atoms with E-state index in [0.717, 1.165) is 42.9 Å². The Bertz CT molecular complexity index is 1870. The molecule has 0 spiro atoms. The van der Waals surface area contributed by atoms with E-state index in [1.54, 1.807) is 45.7 Å². The lowest BCUT2D eigenvalue weighted by atomic mass is 9.97. The number of carbonyl (C=O) groups is 1. The van der Waals surface area contributed by atoms with Crippen molar-refractivity contribution in [3.63, 3.8) is 0 Å². The summed E-state index contributed by atoms with van der Waals surface area (Å²) in [4.78, 5) is 43.1.